The second-order valence-corrected chi connectivity index (χ2v) is 5.20. The van der Waals surface area contributed by atoms with Crippen molar-refractivity contribution in [3.8, 4) is 5.75 Å². The summed E-state index contributed by atoms with van der Waals surface area (Å²) in [5, 5.41) is 8.91. The van der Waals surface area contributed by atoms with E-state index in [1.807, 2.05) is 0 Å². The van der Waals surface area contributed by atoms with Crippen molar-refractivity contribution in [1.82, 2.24) is 0 Å². The Morgan fingerprint density at radius 1 is 1.42 bits per heavy atom. The molecule has 0 saturated carbocycles. The normalized spacial score (nSPS) is 12.1. The fourth-order valence-corrected chi connectivity index (χ4v) is 2.76. The summed E-state index contributed by atoms with van der Waals surface area (Å²) in [6, 6.07) is 8.37. The molecule has 2 aromatic rings. The van der Waals surface area contributed by atoms with E-state index in [1.165, 1.54) is 19.4 Å². The van der Waals surface area contributed by atoms with E-state index in [0.717, 1.165) is 0 Å². The first-order chi connectivity index (χ1) is 9.11. The van der Waals surface area contributed by atoms with Crippen LogP contribution in [0.1, 0.15) is 16.1 Å². The van der Waals surface area contributed by atoms with Crippen molar-refractivity contribution in [2.24, 2.45) is 0 Å². The zero-order valence-corrected chi connectivity index (χ0v) is 11.0. The summed E-state index contributed by atoms with van der Waals surface area (Å²) in [5.74, 6) is -0.638. The highest BCUT2D eigenvalue weighted by Crippen LogP contribution is 2.20. The van der Waals surface area contributed by atoms with Crippen LogP contribution in [0.25, 0.3) is 0 Å². The maximum atomic E-state index is 12.2. The lowest BCUT2D eigenvalue weighted by molar-refractivity contribution is 0.0661. The van der Waals surface area contributed by atoms with Crippen molar-refractivity contribution < 1.29 is 23.3 Å². The Kier molecular flexibility index (Phi) is 4.01. The SMILES string of the molecule is COc1cccc(S(=O)Cc2ccoc2C(=O)O)c1. The molecule has 19 heavy (non-hydrogen) atoms. The number of ether oxygens (including phenoxy) is 1. The minimum atomic E-state index is -1.35. The second-order valence-electron chi connectivity index (χ2n) is 3.75. The number of furan rings is 1. The molecule has 1 atom stereocenters. The molecule has 0 bridgehead atoms. The zero-order chi connectivity index (χ0) is 13.8. The molecule has 5 nitrogen and oxygen atoms in total. The van der Waals surface area contributed by atoms with Crippen molar-refractivity contribution in [1.29, 1.82) is 0 Å². The van der Waals surface area contributed by atoms with Gasteiger partial charge in [-0.25, -0.2) is 4.79 Å². The van der Waals surface area contributed by atoms with Crippen LogP contribution in [0.3, 0.4) is 0 Å². The number of carbonyl (C=O) groups is 1. The summed E-state index contributed by atoms with van der Waals surface area (Å²) in [5.41, 5.74) is 0.411. The van der Waals surface area contributed by atoms with Gasteiger partial charge in [-0.2, -0.15) is 0 Å². The summed E-state index contributed by atoms with van der Waals surface area (Å²) in [4.78, 5) is 11.5. The molecule has 0 aliphatic carbocycles. The molecule has 1 aromatic carbocycles. The fraction of sp³-hybridized carbons (Fsp3) is 0.154. The van der Waals surface area contributed by atoms with Gasteiger partial charge in [0.2, 0.25) is 5.76 Å². The smallest absolute Gasteiger partial charge is 0.372 e. The molecule has 1 unspecified atom stereocenters. The number of hydrogen-bond donors (Lipinski definition) is 1. The van der Waals surface area contributed by atoms with Gasteiger partial charge in [0.05, 0.1) is 29.9 Å². The maximum absolute atomic E-state index is 12.2. The van der Waals surface area contributed by atoms with E-state index in [1.54, 1.807) is 24.3 Å². The molecule has 0 fully saturated rings. The van der Waals surface area contributed by atoms with Gasteiger partial charge in [0.1, 0.15) is 5.75 Å². The van der Waals surface area contributed by atoms with E-state index in [-0.39, 0.29) is 11.5 Å². The van der Waals surface area contributed by atoms with Crippen LogP contribution < -0.4 is 4.74 Å². The lowest BCUT2D eigenvalue weighted by Crippen LogP contribution is -2.02. The summed E-state index contributed by atoms with van der Waals surface area (Å²) >= 11 is 0. The van der Waals surface area contributed by atoms with E-state index in [2.05, 4.69) is 0 Å². The molecule has 0 radical (unpaired) electrons. The molecule has 0 aliphatic heterocycles. The van der Waals surface area contributed by atoms with E-state index >= 15 is 0 Å². The van der Waals surface area contributed by atoms with Crippen molar-refractivity contribution in [3.63, 3.8) is 0 Å². The van der Waals surface area contributed by atoms with Gasteiger partial charge in [0.15, 0.2) is 0 Å². The average Bonchev–Trinajstić information content (AvgIpc) is 2.87. The third-order valence-electron chi connectivity index (χ3n) is 2.53. The molecule has 100 valence electrons. The summed E-state index contributed by atoms with van der Waals surface area (Å²) in [6.45, 7) is 0. The average molecular weight is 280 g/mol. The van der Waals surface area contributed by atoms with Crippen molar-refractivity contribution >= 4 is 16.8 Å². The first-order valence-electron chi connectivity index (χ1n) is 5.44. The topological polar surface area (TPSA) is 76.7 Å². The van der Waals surface area contributed by atoms with E-state index in [4.69, 9.17) is 14.3 Å². The number of aromatic carboxylic acids is 1. The molecule has 0 aliphatic rings. The van der Waals surface area contributed by atoms with Crippen LogP contribution in [-0.4, -0.2) is 22.4 Å². The Morgan fingerprint density at radius 3 is 2.89 bits per heavy atom. The molecule has 1 aromatic heterocycles. The quantitative estimate of drug-likeness (QED) is 0.909. The van der Waals surface area contributed by atoms with Gasteiger partial charge in [-0.05, 0) is 24.3 Å². The van der Waals surface area contributed by atoms with Crippen LogP contribution in [0.15, 0.2) is 45.9 Å². The monoisotopic (exact) mass is 280 g/mol. The molecule has 2 rings (SSSR count). The van der Waals surface area contributed by atoms with Crippen LogP contribution in [0.2, 0.25) is 0 Å². The van der Waals surface area contributed by atoms with E-state index in [9.17, 15) is 9.00 Å². The number of hydrogen-bond acceptors (Lipinski definition) is 4. The Labute approximate surface area is 112 Å². The molecule has 0 spiro atoms. The van der Waals surface area contributed by atoms with Crippen LogP contribution in [-0.2, 0) is 16.6 Å². The van der Waals surface area contributed by atoms with E-state index < -0.39 is 16.8 Å². The predicted molar refractivity (Wildman–Crippen MR) is 68.8 cm³/mol. The number of methoxy groups -OCH3 is 1. The Bertz CT molecular complexity index is 617. The van der Waals surface area contributed by atoms with Crippen molar-refractivity contribution in [2.45, 2.75) is 10.6 Å². The Hall–Kier alpha value is -2.08. The molecule has 1 heterocycles. The van der Waals surface area contributed by atoms with Crippen LogP contribution in [0.4, 0.5) is 0 Å². The Balaban J connectivity index is 2.20. The number of carboxylic acid groups (broad SMARTS) is 1. The highest BCUT2D eigenvalue weighted by Gasteiger charge is 2.17. The van der Waals surface area contributed by atoms with Crippen molar-refractivity contribution in [2.75, 3.05) is 7.11 Å². The van der Waals surface area contributed by atoms with Gasteiger partial charge in [0, 0.05) is 10.5 Å². The van der Waals surface area contributed by atoms with Gasteiger partial charge < -0.3 is 14.3 Å². The first kappa shape index (κ1) is 13.4. The second kappa shape index (κ2) is 5.71. The van der Waals surface area contributed by atoms with Crippen LogP contribution in [0.5, 0.6) is 5.75 Å². The van der Waals surface area contributed by atoms with Gasteiger partial charge in [-0.15, -0.1) is 0 Å². The van der Waals surface area contributed by atoms with Crippen LogP contribution in [0, 0.1) is 0 Å². The summed E-state index contributed by atoms with van der Waals surface area (Å²) in [6.07, 6.45) is 1.28. The van der Waals surface area contributed by atoms with Crippen LogP contribution >= 0.6 is 0 Å². The highest BCUT2D eigenvalue weighted by atomic mass is 32.2. The van der Waals surface area contributed by atoms with Gasteiger partial charge >= 0.3 is 5.97 Å². The maximum Gasteiger partial charge on any atom is 0.372 e. The summed E-state index contributed by atoms with van der Waals surface area (Å²) in [7, 11) is 0.174. The molecular weight excluding hydrogens is 268 g/mol. The third kappa shape index (κ3) is 3.03. The van der Waals surface area contributed by atoms with Crippen molar-refractivity contribution in [3.05, 3.63) is 47.9 Å². The number of rotatable bonds is 5. The largest absolute Gasteiger partial charge is 0.497 e. The fourth-order valence-electron chi connectivity index (χ4n) is 1.60. The number of benzene rings is 1. The lowest BCUT2D eigenvalue weighted by atomic mass is 10.3. The minimum Gasteiger partial charge on any atom is -0.497 e. The van der Waals surface area contributed by atoms with Gasteiger partial charge in [-0.1, -0.05) is 6.07 Å². The highest BCUT2D eigenvalue weighted by molar-refractivity contribution is 7.84. The molecule has 6 heteroatoms. The third-order valence-corrected chi connectivity index (χ3v) is 3.88. The Morgan fingerprint density at radius 2 is 2.21 bits per heavy atom. The first-order valence-corrected chi connectivity index (χ1v) is 6.76. The number of carboxylic acids is 1. The van der Waals surface area contributed by atoms with E-state index in [0.29, 0.717) is 16.2 Å². The summed E-state index contributed by atoms with van der Waals surface area (Å²) < 4.78 is 22.1. The van der Waals surface area contributed by atoms with Gasteiger partial charge in [0.25, 0.3) is 0 Å². The standard InChI is InChI=1S/C13H12O5S/c1-17-10-3-2-4-11(7-10)19(16)8-9-5-6-18-12(9)13(14)15/h2-7H,8H2,1H3,(H,14,15). The predicted octanol–water partition coefficient (Wildman–Crippen LogP) is 2.29. The zero-order valence-electron chi connectivity index (χ0n) is 10.2. The lowest BCUT2D eigenvalue weighted by Gasteiger charge is -2.04. The minimum absolute atomic E-state index is 0.0886. The molecule has 1 N–H and O–H groups in total. The molecule has 0 amide bonds. The molecular formula is C13H12O5S. The van der Waals surface area contributed by atoms with Gasteiger partial charge in [-0.3, -0.25) is 4.21 Å². The molecule has 0 saturated heterocycles.